The molecule has 0 aliphatic heterocycles. The molecule has 0 radical (unpaired) electrons. The fourth-order valence-electron chi connectivity index (χ4n) is 2.26. The summed E-state index contributed by atoms with van der Waals surface area (Å²) < 4.78 is 3.57. The summed E-state index contributed by atoms with van der Waals surface area (Å²) >= 11 is 1.74. The zero-order valence-electron chi connectivity index (χ0n) is 10.2. The van der Waals surface area contributed by atoms with Crippen LogP contribution in [0.2, 0.25) is 0 Å². The molecule has 1 aromatic carbocycles. The van der Waals surface area contributed by atoms with Crippen LogP contribution in [-0.2, 0) is 20.0 Å². The lowest BCUT2D eigenvalue weighted by Gasteiger charge is -2.01. The molecule has 2 heterocycles. The van der Waals surface area contributed by atoms with E-state index in [1.165, 1.54) is 4.88 Å². The summed E-state index contributed by atoms with van der Waals surface area (Å²) in [5, 5.41) is 2.07. The predicted molar refractivity (Wildman–Crippen MR) is 75.2 cm³/mol. The Morgan fingerprint density at radius 2 is 1.89 bits per heavy atom. The maximum absolute atomic E-state index is 12.2. The highest BCUT2D eigenvalue weighted by Gasteiger charge is 2.09. The Balaban J connectivity index is 2.01. The quantitative estimate of drug-likeness (QED) is 0.709. The maximum Gasteiger partial charge on any atom is 0.328 e. The van der Waals surface area contributed by atoms with Crippen LogP contribution in [0.3, 0.4) is 0 Å². The second kappa shape index (κ2) is 4.46. The van der Waals surface area contributed by atoms with Crippen molar-refractivity contribution in [3.8, 4) is 0 Å². The van der Waals surface area contributed by atoms with Crippen molar-refractivity contribution in [1.29, 1.82) is 0 Å². The first kappa shape index (κ1) is 11.3. The van der Waals surface area contributed by atoms with Crippen molar-refractivity contribution in [3.05, 3.63) is 57.1 Å². The monoisotopic (exact) mass is 258 g/mol. The van der Waals surface area contributed by atoms with Crippen LogP contribution in [0.15, 0.2) is 46.6 Å². The topological polar surface area (TPSA) is 26.9 Å². The highest BCUT2D eigenvalue weighted by atomic mass is 32.1. The number of para-hydroxylation sites is 2. The van der Waals surface area contributed by atoms with Gasteiger partial charge in [-0.1, -0.05) is 18.2 Å². The Hall–Kier alpha value is -1.81. The molecule has 18 heavy (non-hydrogen) atoms. The van der Waals surface area contributed by atoms with E-state index in [0.29, 0.717) is 0 Å². The third-order valence-corrected chi connectivity index (χ3v) is 4.15. The number of aromatic nitrogens is 2. The van der Waals surface area contributed by atoms with Gasteiger partial charge in [-0.25, -0.2) is 4.79 Å². The van der Waals surface area contributed by atoms with Crippen molar-refractivity contribution < 1.29 is 0 Å². The molecule has 0 bridgehead atoms. The van der Waals surface area contributed by atoms with Gasteiger partial charge in [0.1, 0.15) is 0 Å². The summed E-state index contributed by atoms with van der Waals surface area (Å²) in [6, 6.07) is 12.1. The molecule has 3 rings (SSSR count). The standard InChI is InChI=1S/C14H14N2OS/c1-15-12-6-2-3-7-13(12)16(14(15)17)9-8-11-5-4-10-18-11/h2-7,10H,8-9H2,1H3. The lowest BCUT2D eigenvalue weighted by molar-refractivity contribution is 0.670. The second-order valence-electron chi connectivity index (χ2n) is 4.31. The average Bonchev–Trinajstić information content (AvgIpc) is 2.98. The van der Waals surface area contributed by atoms with E-state index in [-0.39, 0.29) is 5.69 Å². The van der Waals surface area contributed by atoms with E-state index >= 15 is 0 Å². The Labute approximate surface area is 109 Å². The maximum atomic E-state index is 12.2. The van der Waals surface area contributed by atoms with Crippen LogP contribution in [0, 0.1) is 0 Å². The van der Waals surface area contributed by atoms with E-state index in [4.69, 9.17) is 0 Å². The van der Waals surface area contributed by atoms with E-state index in [1.54, 1.807) is 15.9 Å². The van der Waals surface area contributed by atoms with Gasteiger partial charge in [0.2, 0.25) is 0 Å². The van der Waals surface area contributed by atoms with E-state index in [9.17, 15) is 4.79 Å². The molecule has 0 unspecified atom stereocenters. The molecule has 92 valence electrons. The molecule has 4 heteroatoms. The van der Waals surface area contributed by atoms with Gasteiger partial charge in [0.15, 0.2) is 0 Å². The van der Waals surface area contributed by atoms with Crippen molar-refractivity contribution in [1.82, 2.24) is 9.13 Å². The number of imidazole rings is 1. The lowest BCUT2D eigenvalue weighted by Crippen LogP contribution is -2.22. The predicted octanol–water partition coefficient (Wildman–Crippen LogP) is 2.64. The second-order valence-corrected chi connectivity index (χ2v) is 5.34. The van der Waals surface area contributed by atoms with E-state index in [1.807, 2.05) is 41.9 Å². The molecular weight excluding hydrogens is 244 g/mol. The number of rotatable bonds is 3. The first-order valence-electron chi connectivity index (χ1n) is 5.94. The Morgan fingerprint density at radius 1 is 1.11 bits per heavy atom. The fraction of sp³-hybridized carbons (Fsp3) is 0.214. The summed E-state index contributed by atoms with van der Waals surface area (Å²) in [5.74, 6) is 0. The van der Waals surface area contributed by atoms with Gasteiger partial charge in [-0.15, -0.1) is 11.3 Å². The third-order valence-electron chi connectivity index (χ3n) is 3.21. The molecule has 0 amide bonds. The van der Waals surface area contributed by atoms with Crippen molar-refractivity contribution in [2.45, 2.75) is 13.0 Å². The minimum absolute atomic E-state index is 0.0627. The fourth-order valence-corrected chi connectivity index (χ4v) is 2.95. The molecule has 2 aromatic heterocycles. The van der Waals surface area contributed by atoms with Crippen LogP contribution in [0.4, 0.5) is 0 Å². The van der Waals surface area contributed by atoms with Crippen molar-refractivity contribution in [3.63, 3.8) is 0 Å². The number of aryl methyl sites for hydroxylation is 3. The number of nitrogens with zero attached hydrogens (tertiary/aromatic N) is 2. The molecule has 0 spiro atoms. The molecule has 0 N–H and O–H groups in total. The Kier molecular flexibility index (Phi) is 2.80. The SMILES string of the molecule is Cn1c(=O)n(CCc2cccs2)c2ccccc21. The number of hydrogen-bond acceptors (Lipinski definition) is 2. The summed E-state index contributed by atoms with van der Waals surface area (Å²) in [6.07, 6.45) is 0.908. The first-order valence-corrected chi connectivity index (χ1v) is 6.82. The van der Waals surface area contributed by atoms with Crippen LogP contribution in [0.25, 0.3) is 11.0 Å². The minimum atomic E-state index is 0.0627. The minimum Gasteiger partial charge on any atom is -0.295 e. The van der Waals surface area contributed by atoms with Gasteiger partial charge in [0, 0.05) is 18.5 Å². The van der Waals surface area contributed by atoms with Gasteiger partial charge in [-0.3, -0.25) is 9.13 Å². The lowest BCUT2D eigenvalue weighted by atomic mass is 10.3. The largest absolute Gasteiger partial charge is 0.328 e. The summed E-state index contributed by atoms with van der Waals surface area (Å²) in [4.78, 5) is 13.5. The van der Waals surface area contributed by atoms with Crippen LogP contribution in [-0.4, -0.2) is 9.13 Å². The van der Waals surface area contributed by atoms with Crippen molar-refractivity contribution >= 4 is 22.4 Å². The van der Waals surface area contributed by atoms with Gasteiger partial charge in [-0.05, 0) is 30.0 Å². The van der Waals surface area contributed by atoms with Gasteiger partial charge >= 0.3 is 5.69 Å². The molecule has 0 aliphatic rings. The zero-order chi connectivity index (χ0) is 12.5. The Morgan fingerprint density at radius 3 is 2.61 bits per heavy atom. The van der Waals surface area contributed by atoms with Crippen LogP contribution in [0.5, 0.6) is 0 Å². The number of thiophene rings is 1. The van der Waals surface area contributed by atoms with Gasteiger partial charge < -0.3 is 0 Å². The molecule has 3 aromatic rings. The number of hydrogen-bond donors (Lipinski definition) is 0. The molecule has 3 nitrogen and oxygen atoms in total. The number of benzene rings is 1. The van der Waals surface area contributed by atoms with Gasteiger partial charge in [-0.2, -0.15) is 0 Å². The first-order chi connectivity index (χ1) is 8.77. The van der Waals surface area contributed by atoms with Crippen LogP contribution in [0.1, 0.15) is 4.88 Å². The smallest absolute Gasteiger partial charge is 0.295 e. The normalized spacial score (nSPS) is 11.2. The van der Waals surface area contributed by atoms with Crippen molar-refractivity contribution in [2.24, 2.45) is 7.05 Å². The van der Waals surface area contributed by atoms with Crippen molar-refractivity contribution in [2.75, 3.05) is 0 Å². The highest BCUT2D eigenvalue weighted by Crippen LogP contribution is 2.14. The van der Waals surface area contributed by atoms with E-state index in [2.05, 4.69) is 11.4 Å². The third kappa shape index (κ3) is 1.78. The Bertz CT molecular complexity index is 722. The summed E-state index contributed by atoms with van der Waals surface area (Å²) in [5.41, 5.74) is 2.07. The van der Waals surface area contributed by atoms with Gasteiger partial charge in [0.05, 0.1) is 11.0 Å². The van der Waals surface area contributed by atoms with E-state index in [0.717, 1.165) is 24.0 Å². The molecule has 0 saturated carbocycles. The summed E-state index contributed by atoms with van der Waals surface area (Å²) in [7, 11) is 1.83. The highest BCUT2D eigenvalue weighted by molar-refractivity contribution is 7.09. The van der Waals surface area contributed by atoms with Crippen LogP contribution < -0.4 is 5.69 Å². The van der Waals surface area contributed by atoms with Gasteiger partial charge in [0.25, 0.3) is 0 Å². The molecule has 0 atom stereocenters. The average molecular weight is 258 g/mol. The zero-order valence-corrected chi connectivity index (χ0v) is 11.0. The number of fused-ring (bicyclic) bond motifs is 1. The molecular formula is C14H14N2OS. The van der Waals surface area contributed by atoms with E-state index < -0.39 is 0 Å². The molecule has 0 saturated heterocycles. The van der Waals surface area contributed by atoms with Crippen LogP contribution >= 0.6 is 11.3 Å². The summed E-state index contributed by atoms with van der Waals surface area (Å²) in [6.45, 7) is 0.737. The molecule has 0 aliphatic carbocycles. The molecule has 0 fully saturated rings.